The average Bonchev–Trinajstić information content (AvgIpc) is 2.67. The molecule has 1 heterocycles. The maximum Gasteiger partial charge on any atom is 0.276 e. The predicted molar refractivity (Wildman–Crippen MR) is 117 cm³/mol. The highest BCUT2D eigenvalue weighted by molar-refractivity contribution is 5.68. The van der Waals surface area contributed by atoms with Crippen LogP contribution in [-0.4, -0.2) is 23.4 Å². The highest BCUT2D eigenvalue weighted by Crippen LogP contribution is 2.26. The molecule has 1 aromatic heterocycles. The summed E-state index contributed by atoms with van der Waals surface area (Å²) in [6.45, 7) is 12.2. The van der Waals surface area contributed by atoms with Crippen molar-refractivity contribution in [3.8, 4) is 11.6 Å². The van der Waals surface area contributed by atoms with Crippen LogP contribution in [0.4, 0.5) is 0 Å². The van der Waals surface area contributed by atoms with Gasteiger partial charge in [0.1, 0.15) is 0 Å². The van der Waals surface area contributed by atoms with Crippen LogP contribution in [0.1, 0.15) is 77.1 Å². The highest BCUT2D eigenvalue weighted by atomic mass is 16.5. The molecular formula is C24H34N2O2. The van der Waals surface area contributed by atoms with E-state index in [1.54, 1.807) is 0 Å². The summed E-state index contributed by atoms with van der Waals surface area (Å²) in [4.78, 5) is 0. The molecule has 0 radical (unpaired) electrons. The van der Waals surface area contributed by atoms with Gasteiger partial charge in [0.2, 0.25) is 0 Å². The van der Waals surface area contributed by atoms with Crippen LogP contribution in [0.3, 0.4) is 0 Å². The van der Waals surface area contributed by atoms with Crippen molar-refractivity contribution in [2.75, 3.05) is 13.2 Å². The second kappa shape index (κ2) is 10.8. The van der Waals surface area contributed by atoms with Crippen molar-refractivity contribution in [3.05, 3.63) is 47.2 Å². The number of rotatable bonds is 10. The number of ether oxygens (including phenoxy) is 2. The lowest BCUT2D eigenvalue weighted by atomic mass is 9.87. The third kappa shape index (κ3) is 6.99. The summed E-state index contributed by atoms with van der Waals surface area (Å²) < 4.78 is 11.6. The van der Waals surface area contributed by atoms with Crippen molar-refractivity contribution >= 4 is 12.2 Å². The van der Waals surface area contributed by atoms with Gasteiger partial charge in [0.25, 0.3) is 5.88 Å². The first-order valence-corrected chi connectivity index (χ1v) is 10.4. The molecule has 0 spiro atoms. The second-order valence-corrected chi connectivity index (χ2v) is 8.05. The van der Waals surface area contributed by atoms with Crippen LogP contribution in [0, 0.1) is 0 Å². The molecule has 0 bridgehead atoms. The maximum absolute atomic E-state index is 5.89. The molecule has 2 aromatic rings. The van der Waals surface area contributed by atoms with E-state index >= 15 is 0 Å². The predicted octanol–water partition coefficient (Wildman–Crippen LogP) is 6.30. The van der Waals surface area contributed by atoms with Gasteiger partial charge in [-0.3, -0.25) is 0 Å². The molecule has 2 rings (SSSR count). The topological polar surface area (TPSA) is 44.2 Å². The Hall–Kier alpha value is -2.36. The van der Waals surface area contributed by atoms with E-state index in [0.717, 1.165) is 36.9 Å². The van der Waals surface area contributed by atoms with Gasteiger partial charge in [-0.1, -0.05) is 77.8 Å². The van der Waals surface area contributed by atoms with E-state index in [4.69, 9.17) is 9.47 Å². The Morgan fingerprint density at radius 3 is 2.11 bits per heavy atom. The molecule has 0 atom stereocenters. The molecule has 0 saturated carbocycles. The zero-order valence-electron chi connectivity index (χ0n) is 18.0. The number of hydrogen-bond acceptors (Lipinski definition) is 4. The SMILES string of the molecule is CCCCOc1cc(/C=C/c2ccc(C(C)(C)C)cc2)nnc1OCCCC. The Morgan fingerprint density at radius 1 is 0.857 bits per heavy atom. The van der Waals surface area contributed by atoms with Crippen LogP contribution in [0.2, 0.25) is 0 Å². The minimum absolute atomic E-state index is 0.159. The molecule has 0 N–H and O–H groups in total. The summed E-state index contributed by atoms with van der Waals surface area (Å²) in [6, 6.07) is 10.5. The molecule has 0 amide bonds. The first-order chi connectivity index (χ1) is 13.4. The summed E-state index contributed by atoms with van der Waals surface area (Å²) in [6.07, 6.45) is 8.16. The van der Waals surface area contributed by atoms with Gasteiger partial charge in [-0.2, -0.15) is 0 Å². The summed E-state index contributed by atoms with van der Waals surface area (Å²) in [5.74, 6) is 1.15. The molecule has 0 aliphatic heterocycles. The smallest absolute Gasteiger partial charge is 0.276 e. The van der Waals surface area contributed by atoms with E-state index < -0.39 is 0 Å². The fraction of sp³-hybridized carbons (Fsp3) is 0.500. The van der Waals surface area contributed by atoms with Crippen molar-refractivity contribution in [1.82, 2.24) is 10.2 Å². The highest BCUT2D eigenvalue weighted by Gasteiger charge is 2.12. The Bertz CT molecular complexity index is 746. The standard InChI is InChI=1S/C24H34N2O2/c1-6-8-16-27-22-18-21(25-26-23(22)28-17-9-7-2)15-12-19-10-13-20(14-11-19)24(3,4)5/h10-15,18H,6-9,16-17H2,1-5H3/b15-12+. The van der Waals surface area contributed by atoms with Crippen molar-refractivity contribution in [1.29, 1.82) is 0 Å². The molecule has 0 unspecified atom stereocenters. The lowest BCUT2D eigenvalue weighted by Gasteiger charge is -2.18. The van der Waals surface area contributed by atoms with Gasteiger partial charge in [0, 0.05) is 6.07 Å². The monoisotopic (exact) mass is 382 g/mol. The van der Waals surface area contributed by atoms with Gasteiger partial charge in [-0.25, -0.2) is 0 Å². The molecule has 1 aromatic carbocycles. The largest absolute Gasteiger partial charge is 0.488 e. The molecule has 0 fully saturated rings. The van der Waals surface area contributed by atoms with Crippen LogP contribution in [0.15, 0.2) is 30.3 Å². The number of benzene rings is 1. The molecule has 0 aliphatic carbocycles. The minimum atomic E-state index is 0.159. The van der Waals surface area contributed by atoms with Crippen LogP contribution < -0.4 is 9.47 Å². The van der Waals surface area contributed by atoms with Gasteiger partial charge in [-0.15, -0.1) is 10.2 Å². The van der Waals surface area contributed by atoms with Crippen molar-refractivity contribution < 1.29 is 9.47 Å². The third-order valence-corrected chi connectivity index (χ3v) is 4.46. The fourth-order valence-corrected chi connectivity index (χ4v) is 2.58. The number of aromatic nitrogens is 2. The van der Waals surface area contributed by atoms with Crippen LogP contribution in [0.5, 0.6) is 11.6 Å². The van der Waals surface area contributed by atoms with E-state index in [9.17, 15) is 0 Å². The zero-order valence-corrected chi connectivity index (χ0v) is 18.0. The third-order valence-electron chi connectivity index (χ3n) is 4.46. The first-order valence-electron chi connectivity index (χ1n) is 10.4. The lowest BCUT2D eigenvalue weighted by molar-refractivity contribution is 0.250. The molecule has 0 aliphatic rings. The molecule has 152 valence electrons. The Balaban J connectivity index is 2.13. The summed E-state index contributed by atoms with van der Waals surface area (Å²) in [5, 5.41) is 8.52. The maximum atomic E-state index is 5.89. The van der Waals surface area contributed by atoms with Crippen molar-refractivity contribution in [2.45, 2.75) is 65.7 Å². The normalized spacial score (nSPS) is 11.8. The Kier molecular flexibility index (Phi) is 8.49. The number of nitrogens with zero attached hydrogens (tertiary/aromatic N) is 2. The van der Waals surface area contributed by atoms with Gasteiger partial charge >= 0.3 is 0 Å². The van der Waals surface area contributed by atoms with Crippen molar-refractivity contribution in [3.63, 3.8) is 0 Å². The van der Waals surface area contributed by atoms with Crippen molar-refractivity contribution in [2.24, 2.45) is 0 Å². The van der Waals surface area contributed by atoms with Gasteiger partial charge in [-0.05, 0) is 35.5 Å². The molecule has 0 saturated heterocycles. The van der Waals surface area contributed by atoms with E-state index in [-0.39, 0.29) is 5.41 Å². The summed E-state index contributed by atoms with van der Waals surface area (Å²) >= 11 is 0. The first kappa shape index (κ1) is 21.9. The average molecular weight is 383 g/mol. The molecular weight excluding hydrogens is 348 g/mol. The fourth-order valence-electron chi connectivity index (χ4n) is 2.58. The van der Waals surface area contributed by atoms with Gasteiger partial charge in [0.15, 0.2) is 5.75 Å². The molecule has 28 heavy (non-hydrogen) atoms. The van der Waals surface area contributed by atoms with E-state index in [2.05, 4.69) is 69.1 Å². The Labute approximate surface area is 170 Å². The zero-order chi connectivity index (χ0) is 20.4. The molecule has 4 nitrogen and oxygen atoms in total. The minimum Gasteiger partial charge on any atom is -0.488 e. The lowest BCUT2D eigenvalue weighted by Crippen LogP contribution is -2.10. The quantitative estimate of drug-likeness (QED) is 0.452. The number of hydrogen-bond donors (Lipinski definition) is 0. The van der Waals surface area contributed by atoms with Gasteiger partial charge < -0.3 is 9.47 Å². The van der Waals surface area contributed by atoms with Crippen LogP contribution in [0.25, 0.3) is 12.2 Å². The second-order valence-electron chi connectivity index (χ2n) is 8.05. The van der Waals surface area contributed by atoms with E-state index in [1.807, 2.05) is 18.2 Å². The summed E-state index contributed by atoms with van der Waals surface area (Å²) in [7, 11) is 0. The van der Waals surface area contributed by atoms with Crippen LogP contribution >= 0.6 is 0 Å². The van der Waals surface area contributed by atoms with Gasteiger partial charge in [0.05, 0.1) is 18.9 Å². The molecule has 4 heteroatoms. The summed E-state index contributed by atoms with van der Waals surface area (Å²) in [5.41, 5.74) is 3.37. The van der Waals surface area contributed by atoms with E-state index in [0.29, 0.717) is 24.8 Å². The Morgan fingerprint density at radius 2 is 1.50 bits per heavy atom. The number of unbranched alkanes of at least 4 members (excludes halogenated alkanes) is 2. The van der Waals surface area contributed by atoms with Crippen LogP contribution in [-0.2, 0) is 5.41 Å². The van der Waals surface area contributed by atoms with E-state index in [1.165, 1.54) is 5.56 Å².